The highest BCUT2D eigenvalue weighted by Gasteiger charge is 2.48. The van der Waals surface area contributed by atoms with Crippen LogP contribution in [0.4, 0.5) is 5.13 Å². The van der Waals surface area contributed by atoms with Crippen LogP contribution in [0.25, 0.3) is 5.76 Å². The van der Waals surface area contributed by atoms with Crippen molar-refractivity contribution in [1.82, 2.24) is 4.98 Å². The lowest BCUT2D eigenvalue weighted by Crippen LogP contribution is -2.29. The number of aryl methyl sites for hydroxylation is 1. The third-order valence-corrected chi connectivity index (χ3v) is 6.73. The number of benzene rings is 2. The Hall–Kier alpha value is -4.18. The molecule has 0 bridgehead atoms. The number of anilines is 1. The fraction of sp³-hybridized carbons (Fsp3) is 0.231. The van der Waals surface area contributed by atoms with Gasteiger partial charge in [-0.1, -0.05) is 30.4 Å². The lowest BCUT2D eigenvalue weighted by molar-refractivity contribution is -0.132. The van der Waals surface area contributed by atoms with E-state index in [2.05, 4.69) is 4.98 Å². The van der Waals surface area contributed by atoms with E-state index in [0.717, 1.165) is 22.7 Å². The van der Waals surface area contributed by atoms with E-state index in [1.807, 2.05) is 6.92 Å². The van der Waals surface area contributed by atoms with Crippen molar-refractivity contribution in [2.45, 2.75) is 26.3 Å². The Kier molecular flexibility index (Phi) is 7.07. The highest BCUT2D eigenvalue weighted by Crippen LogP contribution is 2.44. The van der Waals surface area contributed by atoms with Crippen LogP contribution in [-0.4, -0.2) is 46.6 Å². The number of hydrogen-bond donors (Lipinski definition) is 2. The molecule has 2 N–H and O–H groups in total. The van der Waals surface area contributed by atoms with Crippen LogP contribution in [0, 0.1) is 6.92 Å². The van der Waals surface area contributed by atoms with Crippen LogP contribution in [0.2, 0.25) is 0 Å². The summed E-state index contributed by atoms with van der Waals surface area (Å²) in [5.74, 6) is -2.31. The molecular weight excluding hydrogens is 484 g/mol. The number of amides is 1. The lowest BCUT2D eigenvalue weighted by Gasteiger charge is -2.23. The molecule has 2 aromatic carbocycles. The smallest absolute Gasteiger partial charge is 0.350 e. The van der Waals surface area contributed by atoms with Gasteiger partial charge in [-0.2, -0.15) is 0 Å². The number of aromatic hydroxyl groups is 1. The molecule has 3 aromatic rings. The zero-order chi connectivity index (χ0) is 26.0. The Morgan fingerprint density at radius 3 is 2.53 bits per heavy atom. The van der Waals surface area contributed by atoms with Crippen molar-refractivity contribution >= 4 is 39.9 Å². The summed E-state index contributed by atoms with van der Waals surface area (Å²) < 4.78 is 10.4. The van der Waals surface area contributed by atoms with Gasteiger partial charge in [0, 0.05) is 5.56 Å². The monoisotopic (exact) mass is 508 g/mol. The first kappa shape index (κ1) is 24.9. The minimum absolute atomic E-state index is 0.0823. The van der Waals surface area contributed by atoms with E-state index in [1.165, 1.54) is 19.2 Å². The number of phenols is 1. The number of phenolic OH excluding ortho intramolecular Hbond substituents is 1. The first-order valence-corrected chi connectivity index (χ1v) is 12.0. The molecule has 4 rings (SSSR count). The van der Waals surface area contributed by atoms with Crippen molar-refractivity contribution in [3.63, 3.8) is 0 Å². The second kappa shape index (κ2) is 10.2. The molecule has 186 valence electrons. The molecule has 0 aliphatic carbocycles. The average Bonchev–Trinajstić information content (AvgIpc) is 3.38. The summed E-state index contributed by atoms with van der Waals surface area (Å²) in [6.45, 7) is 4.11. The number of Topliss-reactive ketones (excluding diaryl/α,β-unsaturated/α-hetero) is 1. The summed E-state index contributed by atoms with van der Waals surface area (Å²) in [6.07, 6.45) is 0.836. The van der Waals surface area contributed by atoms with Crippen LogP contribution < -0.4 is 9.64 Å². The summed E-state index contributed by atoms with van der Waals surface area (Å²) in [7, 11) is 1.23. The molecule has 1 fully saturated rings. The molecule has 0 radical (unpaired) electrons. The van der Waals surface area contributed by atoms with Crippen LogP contribution in [0.15, 0.2) is 54.1 Å². The van der Waals surface area contributed by atoms with Gasteiger partial charge in [-0.3, -0.25) is 14.5 Å². The summed E-state index contributed by atoms with van der Waals surface area (Å²) in [4.78, 5) is 44.3. The molecule has 1 amide bonds. The van der Waals surface area contributed by atoms with E-state index in [-0.39, 0.29) is 27.1 Å². The Balaban J connectivity index is 1.86. The molecule has 1 aliphatic rings. The number of aliphatic hydroxyl groups is 1. The Morgan fingerprint density at radius 2 is 1.89 bits per heavy atom. The second-order valence-corrected chi connectivity index (χ2v) is 9.02. The van der Waals surface area contributed by atoms with Crippen molar-refractivity contribution in [1.29, 1.82) is 0 Å². The van der Waals surface area contributed by atoms with Gasteiger partial charge >= 0.3 is 11.9 Å². The molecule has 1 aromatic heterocycles. The highest BCUT2D eigenvalue weighted by molar-refractivity contribution is 7.17. The minimum atomic E-state index is -1.09. The van der Waals surface area contributed by atoms with E-state index < -0.39 is 23.7 Å². The molecule has 1 aliphatic heterocycles. The summed E-state index contributed by atoms with van der Waals surface area (Å²) in [5.41, 5.74) is 0.861. The molecule has 1 saturated heterocycles. The normalized spacial score (nSPS) is 16.9. The largest absolute Gasteiger partial charge is 0.508 e. The van der Waals surface area contributed by atoms with Gasteiger partial charge in [0.15, 0.2) is 5.13 Å². The number of ketones is 1. The van der Waals surface area contributed by atoms with Gasteiger partial charge in [-0.15, -0.1) is 0 Å². The molecular formula is C26H24N2O7S. The van der Waals surface area contributed by atoms with Crippen molar-refractivity contribution < 1.29 is 34.1 Å². The first-order chi connectivity index (χ1) is 17.3. The maximum atomic E-state index is 13.3. The van der Waals surface area contributed by atoms with E-state index in [9.17, 15) is 24.6 Å². The number of ether oxygens (including phenoxy) is 2. The Labute approximate surface area is 211 Å². The third-order valence-electron chi connectivity index (χ3n) is 5.59. The number of hydrogen-bond acceptors (Lipinski definition) is 9. The number of esters is 1. The number of carbonyl (C=O) groups is 3. The lowest BCUT2D eigenvalue weighted by atomic mass is 9.95. The summed E-state index contributed by atoms with van der Waals surface area (Å²) in [6, 6.07) is 11.5. The zero-order valence-corrected chi connectivity index (χ0v) is 20.7. The van der Waals surface area contributed by atoms with Crippen LogP contribution >= 0.6 is 11.3 Å². The number of rotatable bonds is 7. The molecule has 9 nitrogen and oxygen atoms in total. The standard InChI is InChI=1S/C26H24N2O7S/c1-4-12-35-18-10-8-15(9-11-18)21(30)19-20(16-6-5-7-17(29)13-16)28(24(32)22(19)31)26-27-14(2)23(36-26)25(33)34-3/h5-11,13,20,29-30H,4,12H2,1-3H3/b21-19+/t20-/m1/s1. The van der Waals surface area contributed by atoms with Crippen molar-refractivity contribution in [3.05, 3.63) is 75.8 Å². The second-order valence-electron chi connectivity index (χ2n) is 8.04. The van der Waals surface area contributed by atoms with E-state index in [0.29, 0.717) is 29.2 Å². The molecule has 10 heteroatoms. The molecule has 36 heavy (non-hydrogen) atoms. The minimum Gasteiger partial charge on any atom is -0.508 e. The number of thiazole rings is 1. The van der Waals surface area contributed by atoms with E-state index in [1.54, 1.807) is 43.3 Å². The number of methoxy groups -OCH3 is 1. The molecule has 1 atom stereocenters. The maximum absolute atomic E-state index is 13.3. The average molecular weight is 509 g/mol. The number of aromatic nitrogens is 1. The molecule has 0 unspecified atom stereocenters. The van der Waals surface area contributed by atoms with Crippen LogP contribution in [0.1, 0.15) is 45.9 Å². The van der Waals surface area contributed by atoms with Gasteiger partial charge < -0.3 is 19.7 Å². The first-order valence-electron chi connectivity index (χ1n) is 11.2. The summed E-state index contributed by atoms with van der Waals surface area (Å²) in [5, 5.41) is 21.4. The van der Waals surface area contributed by atoms with Crippen LogP contribution in [0.3, 0.4) is 0 Å². The molecule has 0 saturated carbocycles. The van der Waals surface area contributed by atoms with Gasteiger partial charge in [0.05, 0.1) is 31.0 Å². The number of carbonyl (C=O) groups excluding carboxylic acids is 3. The van der Waals surface area contributed by atoms with Crippen molar-refractivity contribution in [2.24, 2.45) is 0 Å². The molecule has 0 spiro atoms. The number of nitrogens with zero attached hydrogens (tertiary/aromatic N) is 2. The Morgan fingerprint density at radius 1 is 1.17 bits per heavy atom. The quantitative estimate of drug-likeness (QED) is 0.209. The van der Waals surface area contributed by atoms with Gasteiger partial charge in [-0.05, 0) is 55.3 Å². The van der Waals surface area contributed by atoms with Crippen molar-refractivity contribution in [2.75, 3.05) is 18.6 Å². The van der Waals surface area contributed by atoms with Crippen LogP contribution in [0.5, 0.6) is 11.5 Å². The van der Waals surface area contributed by atoms with Gasteiger partial charge in [0.2, 0.25) is 0 Å². The number of aliphatic hydroxyl groups excluding tert-OH is 1. The van der Waals surface area contributed by atoms with Gasteiger partial charge in [0.1, 0.15) is 22.1 Å². The third kappa shape index (κ3) is 4.55. The van der Waals surface area contributed by atoms with Crippen LogP contribution in [-0.2, 0) is 14.3 Å². The zero-order valence-electron chi connectivity index (χ0n) is 19.8. The van der Waals surface area contributed by atoms with Gasteiger partial charge in [-0.25, -0.2) is 9.78 Å². The fourth-order valence-corrected chi connectivity index (χ4v) is 4.90. The summed E-state index contributed by atoms with van der Waals surface area (Å²) >= 11 is 0.901. The Bertz CT molecular complexity index is 1360. The van der Waals surface area contributed by atoms with Crippen molar-refractivity contribution in [3.8, 4) is 11.5 Å². The highest BCUT2D eigenvalue weighted by atomic mass is 32.1. The van der Waals surface area contributed by atoms with E-state index in [4.69, 9.17) is 9.47 Å². The van der Waals surface area contributed by atoms with E-state index >= 15 is 0 Å². The predicted octanol–water partition coefficient (Wildman–Crippen LogP) is 4.36. The fourth-order valence-electron chi connectivity index (χ4n) is 3.89. The topological polar surface area (TPSA) is 126 Å². The van der Waals surface area contributed by atoms with Gasteiger partial charge in [0.25, 0.3) is 5.78 Å². The predicted molar refractivity (Wildman–Crippen MR) is 133 cm³/mol. The SMILES string of the molecule is CCCOc1ccc(/C(O)=C2\C(=O)C(=O)N(c3nc(C)c(C(=O)OC)s3)[C@@H]2c2cccc(O)c2)cc1. The molecule has 2 heterocycles. The maximum Gasteiger partial charge on any atom is 0.350 e.